The molecule has 2 rings (SSSR count). The summed E-state index contributed by atoms with van der Waals surface area (Å²) in [6.45, 7) is 3.53. The molecule has 1 aliphatic heterocycles. The molecule has 0 aliphatic carbocycles. The van der Waals surface area contributed by atoms with Crippen molar-refractivity contribution in [2.75, 3.05) is 31.1 Å². The molecule has 2 heterocycles. The third-order valence-electron chi connectivity index (χ3n) is 3.11. The summed E-state index contributed by atoms with van der Waals surface area (Å²) in [6.07, 6.45) is 0. The normalized spacial score (nSPS) is 20.1. The van der Waals surface area contributed by atoms with Crippen molar-refractivity contribution in [2.45, 2.75) is 17.7 Å². The molecule has 0 amide bonds. The van der Waals surface area contributed by atoms with Crippen molar-refractivity contribution < 1.29 is 16.8 Å². The lowest BCUT2D eigenvalue weighted by atomic mass is 10.3. The van der Waals surface area contributed by atoms with Crippen molar-refractivity contribution >= 4 is 31.2 Å². The molecule has 1 fully saturated rings. The van der Waals surface area contributed by atoms with E-state index in [-0.39, 0.29) is 28.8 Å². The van der Waals surface area contributed by atoms with E-state index in [2.05, 4.69) is 5.32 Å². The van der Waals surface area contributed by atoms with Gasteiger partial charge in [0.25, 0.3) is 10.0 Å². The van der Waals surface area contributed by atoms with Crippen LogP contribution in [0.2, 0.25) is 0 Å². The number of rotatable bonds is 5. The van der Waals surface area contributed by atoms with Crippen molar-refractivity contribution in [3.05, 3.63) is 17.0 Å². The van der Waals surface area contributed by atoms with Gasteiger partial charge in [-0.05, 0) is 23.6 Å². The van der Waals surface area contributed by atoms with Crippen LogP contribution in [0.25, 0.3) is 0 Å². The number of hydrogen-bond acceptors (Lipinski definition) is 6. The fraction of sp³-hybridized carbons (Fsp3) is 0.636. The van der Waals surface area contributed by atoms with E-state index in [1.54, 1.807) is 6.07 Å². The molecule has 1 aromatic heterocycles. The summed E-state index contributed by atoms with van der Waals surface area (Å²) in [5, 5.41) is 4.95. The van der Waals surface area contributed by atoms with Gasteiger partial charge in [0.15, 0.2) is 9.84 Å². The Morgan fingerprint density at radius 3 is 2.60 bits per heavy atom. The molecule has 1 saturated heterocycles. The molecule has 0 radical (unpaired) electrons. The number of nitrogens with one attached hydrogen (secondary N) is 1. The number of hydrogen-bond donors (Lipinski definition) is 1. The van der Waals surface area contributed by atoms with E-state index in [9.17, 15) is 16.8 Å². The van der Waals surface area contributed by atoms with Gasteiger partial charge in [0.1, 0.15) is 4.21 Å². The Morgan fingerprint density at radius 2 is 2.00 bits per heavy atom. The zero-order valence-electron chi connectivity index (χ0n) is 11.2. The van der Waals surface area contributed by atoms with Gasteiger partial charge in [-0.25, -0.2) is 16.8 Å². The van der Waals surface area contributed by atoms with Gasteiger partial charge in [0.2, 0.25) is 0 Å². The quantitative estimate of drug-likeness (QED) is 0.833. The van der Waals surface area contributed by atoms with Gasteiger partial charge >= 0.3 is 0 Å². The van der Waals surface area contributed by atoms with Gasteiger partial charge in [-0.15, -0.1) is 11.3 Å². The molecule has 1 aliphatic rings. The Labute approximate surface area is 123 Å². The molecule has 6 nitrogen and oxygen atoms in total. The van der Waals surface area contributed by atoms with Crippen molar-refractivity contribution in [1.29, 1.82) is 0 Å². The lowest BCUT2D eigenvalue weighted by Crippen LogP contribution is -2.43. The van der Waals surface area contributed by atoms with Gasteiger partial charge in [-0.3, -0.25) is 0 Å². The van der Waals surface area contributed by atoms with Gasteiger partial charge in [0, 0.05) is 19.6 Å². The minimum Gasteiger partial charge on any atom is -0.313 e. The average Bonchev–Trinajstić information content (AvgIpc) is 2.85. The van der Waals surface area contributed by atoms with Crippen LogP contribution in [0.1, 0.15) is 12.5 Å². The summed E-state index contributed by atoms with van der Waals surface area (Å²) >= 11 is 1.18. The average molecular weight is 338 g/mol. The highest BCUT2D eigenvalue weighted by Gasteiger charge is 2.32. The van der Waals surface area contributed by atoms with Gasteiger partial charge in [-0.1, -0.05) is 6.92 Å². The third kappa shape index (κ3) is 3.59. The number of sulfonamides is 1. The summed E-state index contributed by atoms with van der Waals surface area (Å²) in [5.74, 6) is -0.191. The van der Waals surface area contributed by atoms with Crippen LogP contribution in [-0.2, 0) is 26.4 Å². The monoisotopic (exact) mass is 338 g/mol. The van der Waals surface area contributed by atoms with E-state index < -0.39 is 19.9 Å². The van der Waals surface area contributed by atoms with E-state index in [4.69, 9.17) is 0 Å². The molecule has 0 spiro atoms. The number of thiophene rings is 1. The molecule has 0 atom stereocenters. The molecule has 0 saturated carbocycles. The Bertz CT molecular complexity index is 650. The highest BCUT2D eigenvalue weighted by Crippen LogP contribution is 2.25. The molecule has 0 bridgehead atoms. The Morgan fingerprint density at radius 1 is 1.35 bits per heavy atom. The number of sulfone groups is 1. The topological polar surface area (TPSA) is 83.6 Å². The summed E-state index contributed by atoms with van der Waals surface area (Å²) in [5.41, 5.74) is 0.931. The first-order chi connectivity index (χ1) is 9.35. The molecular formula is C11H18N2O4S3. The van der Waals surface area contributed by atoms with Crippen LogP contribution in [0.5, 0.6) is 0 Å². The smallest absolute Gasteiger partial charge is 0.252 e. The predicted molar refractivity (Wildman–Crippen MR) is 79.1 cm³/mol. The lowest BCUT2D eigenvalue weighted by Gasteiger charge is -2.25. The van der Waals surface area contributed by atoms with Crippen LogP contribution in [0.4, 0.5) is 0 Å². The molecule has 20 heavy (non-hydrogen) atoms. The third-order valence-corrected chi connectivity index (χ3v) is 8.08. The second-order valence-corrected chi connectivity index (χ2v) is 9.99. The molecule has 0 aromatic carbocycles. The summed E-state index contributed by atoms with van der Waals surface area (Å²) in [7, 11) is -6.63. The van der Waals surface area contributed by atoms with Crippen molar-refractivity contribution in [1.82, 2.24) is 9.62 Å². The summed E-state index contributed by atoms with van der Waals surface area (Å²) in [4.78, 5) is 0. The van der Waals surface area contributed by atoms with Crippen LogP contribution in [0, 0.1) is 0 Å². The minimum atomic E-state index is -3.56. The second kappa shape index (κ2) is 6.10. The highest BCUT2D eigenvalue weighted by molar-refractivity contribution is 7.92. The molecule has 0 unspecified atom stereocenters. The highest BCUT2D eigenvalue weighted by atomic mass is 32.2. The second-order valence-electron chi connectivity index (χ2n) is 4.61. The van der Waals surface area contributed by atoms with Crippen LogP contribution in [-0.4, -0.2) is 52.3 Å². The van der Waals surface area contributed by atoms with Crippen LogP contribution in [0.15, 0.2) is 15.7 Å². The Balaban J connectivity index is 2.12. The first kappa shape index (κ1) is 15.9. The molecule has 114 valence electrons. The van der Waals surface area contributed by atoms with Gasteiger partial charge in [-0.2, -0.15) is 4.31 Å². The van der Waals surface area contributed by atoms with E-state index in [0.29, 0.717) is 6.54 Å². The fourth-order valence-corrected chi connectivity index (χ4v) is 6.15. The maximum Gasteiger partial charge on any atom is 0.252 e. The standard InChI is InChI=1S/C11H18N2O4S3/c1-2-12-8-10-7-11(18-9-10)20(16,17)13-3-5-19(14,15)6-4-13/h7,9,12H,2-6,8H2,1H3. The van der Waals surface area contributed by atoms with E-state index in [0.717, 1.165) is 12.1 Å². The van der Waals surface area contributed by atoms with Crippen LogP contribution >= 0.6 is 11.3 Å². The SMILES string of the molecule is CCNCc1csc(S(=O)(=O)N2CCS(=O)(=O)CC2)c1. The summed E-state index contributed by atoms with van der Waals surface area (Å²) < 4.78 is 49.1. The van der Waals surface area contributed by atoms with Crippen LogP contribution in [0.3, 0.4) is 0 Å². The molecule has 9 heteroatoms. The van der Waals surface area contributed by atoms with Gasteiger partial charge in [0.05, 0.1) is 11.5 Å². The Kier molecular flexibility index (Phi) is 4.85. The summed E-state index contributed by atoms with van der Waals surface area (Å²) in [6, 6.07) is 1.66. The molecular weight excluding hydrogens is 320 g/mol. The fourth-order valence-electron chi connectivity index (χ4n) is 1.91. The predicted octanol–water partition coefficient (Wildman–Crippen LogP) is 0.277. The van der Waals surface area contributed by atoms with E-state index in [1.165, 1.54) is 15.6 Å². The zero-order chi connectivity index (χ0) is 14.8. The largest absolute Gasteiger partial charge is 0.313 e. The van der Waals surface area contributed by atoms with Crippen molar-refractivity contribution in [3.8, 4) is 0 Å². The van der Waals surface area contributed by atoms with E-state index in [1.807, 2.05) is 12.3 Å². The molecule has 1 aromatic rings. The lowest BCUT2D eigenvalue weighted by molar-refractivity contribution is 0.432. The van der Waals surface area contributed by atoms with Crippen molar-refractivity contribution in [3.63, 3.8) is 0 Å². The first-order valence-electron chi connectivity index (χ1n) is 6.34. The zero-order valence-corrected chi connectivity index (χ0v) is 13.7. The Hall–Kier alpha value is -0.480. The molecule has 1 N–H and O–H groups in total. The minimum absolute atomic E-state index is 0.0467. The van der Waals surface area contributed by atoms with Crippen LogP contribution < -0.4 is 5.32 Å². The van der Waals surface area contributed by atoms with Gasteiger partial charge < -0.3 is 5.32 Å². The maximum absolute atomic E-state index is 12.4. The van der Waals surface area contributed by atoms with Crippen molar-refractivity contribution in [2.24, 2.45) is 0 Å². The number of nitrogens with zero attached hydrogens (tertiary/aromatic N) is 1. The maximum atomic E-state index is 12.4. The van der Waals surface area contributed by atoms with E-state index >= 15 is 0 Å². The first-order valence-corrected chi connectivity index (χ1v) is 10.5.